The molecule has 0 bridgehead atoms. The summed E-state index contributed by atoms with van der Waals surface area (Å²) in [4.78, 5) is 11.9. The maximum absolute atomic E-state index is 11.9. The summed E-state index contributed by atoms with van der Waals surface area (Å²) in [6.45, 7) is 5.19. The summed E-state index contributed by atoms with van der Waals surface area (Å²) in [5, 5.41) is 0. The first kappa shape index (κ1) is 52.9. The molecule has 6 nitrogen and oxygen atoms in total. The molecular formula is C36H70Na2O6S. The smallest absolute Gasteiger partial charge is 0.759 e. The molecule has 45 heavy (non-hydrogen) atoms. The molecule has 0 atom stereocenters. The molecule has 0 unspecified atom stereocenters. The van der Waals surface area contributed by atoms with E-state index in [1.165, 1.54) is 173 Å². The minimum atomic E-state index is -5.17. The van der Waals surface area contributed by atoms with Crippen LogP contribution in [0.15, 0.2) is 12.2 Å². The Morgan fingerprint density at radius 3 is 1.09 bits per heavy atom. The van der Waals surface area contributed by atoms with Crippen LogP contribution < -0.4 is 59.1 Å². The van der Waals surface area contributed by atoms with E-state index in [1.807, 2.05) is 0 Å². The first-order chi connectivity index (χ1) is 20.8. The van der Waals surface area contributed by atoms with Crippen LogP contribution in [0.5, 0.6) is 0 Å². The van der Waals surface area contributed by atoms with Crippen LogP contribution in [-0.2, 0) is 19.9 Å². The largest absolute Gasteiger partial charge is 1.00 e. The fourth-order valence-electron chi connectivity index (χ4n) is 5.25. The summed E-state index contributed by atoms with van der Waals surface area (Å²) in [5.41, 5.74) is 0. The van der Waals surface area contributed by atoms with Crippen molar-refractivity contribution in [3.8, 4) is 0 Å². The van der Waals surface area contributed by atoms with Crippen molar-refractivity contribution in [2.75, 3.05) is 6.61 Å². The van der Waals surface area contributed by atoms with Crippen LogP contribution in [0.4, 0.5) is 0 Å². The minimum Gasteiger partial charge on any atom is -0.759 e. The zero-order chi connectivity index (χ0) is 32.1. The fraction of sp³-hybridized carbons (Fsp3) is 0.917. The predicted molar refractivity (Wildman–Crippen MR) is 180 cm³/mol. The first-order valence-corrected chi connectivity index (χ1v) is 19.6. The van der Waals surface area contributed by atoms with Crippen LogP contribution >= 0.6 is 0 Å². The summed E-state index contributed by atoms with van der Waals surface area (Å²) >= 11 is 0. The van der Waals surface area contributed by atoms with Gasteiger partial charge in [0.1, 0.15) is 0 Å². The van der Waals surface area contributed by atoms with Crippen molar-refractivity contribution in [1.82, 2.24) is 0 Å². The number of esters is 1. The van der Waals surface area contributed by atoms with Gasteiger partial charge in [-0.15, -0.1) is 0 Å². The first-order valence-electron chi connectivity index (χ1n) is 18.3. The molecule has 0 saturated heterocycles. The number of unbranched alkanes of at least 4 members (excludes halogenated alkanes) is 26. The monoisotopic (exact) mass is 676 g/mol. The van der Waals surface area contributed by atoms with Crippen LogP contribution in [0.3, 0.4) is 0 Å². The molecule has 9 heteroatoms. The SMILES string of the molecule is CCCCCCCC/C=C\CCCCCCCCOC(=O)CCCCCCCCCCCCCCCCC.O=S(=O)([O-])[O-].[Na+].[Na+]. The van der Waals surface area contributed by atoms with Crippen molar-refractivity contribution in [2.24, 2.45) is 0 Å². The minimum absolute atomic E-state index is 0. The van der Waals surface area contributed by atoms with Gasteiger partial charge in [0.25, 0.3) is 0 Å². The number of hydrogen-bond donors (Lipinski definition) is 0. The van der Waals surface area contributed by atoms with Crippen LogP contribution in [0.2, 0.25) is 0 Å². The van der Waals surface area contributed by atoms with Gasteiger partial charge in [-0.3, -0.25) is 13.2 Å². The second-order valence-electron chi connectivity index (χ2n) is 12.3. The van der Waals surface area contributed by atoms with Gasteiger partial charge in [0.2, 0.25) is 0 Å². The Labute approximate surface area is 325 Å². The molecule has 0 radical (unpaired) electrons. The molecule has 0 heterocycles. The van der Waals surface area contributed by atoms with Crippen molar-refractivity contribution < 1.29 is 86.2 Å². The van der Waals surface area contributed by atoms with E-state index in [4.69, 9.17) is 22.3 Å². The summed E-state index contributed by atoms with van der Waals surface area (Å²) in [5.74, 6) is 0.0208. The van der Waals surface area contributed by atoms with Gasteiger partial charge in [0.05, 0.1) is 6.61 Å². The molecule has 0 fully saturated rings. The number of carbonyl (C=O) groups is 1. The molecule has 0 amide bonds. The summed E-state index contributed by atoms with van der Waals surface area (Å²) in [6.07, 6.45) is 44.1. The Morgan fingerprint density at radius 1 is 0.489 bits per heavy atom. The molecule has 0 aromatic rings. The van der Waals surface area contributed by atoms with Gasteiger partial charge in [0.15, 0.2) is 0 Å². The molecule has 0 rings (SSSR count). The number of allylic oxidation sites excluding steroid dienone is 2. The van der Waals surface area contributed by atoms with Gasteiger partial charge in [0, 0.05) is 16.8 Å². The van der Waals surface area contributed by atoms with Crippen LogP contribution in [-0.4, -0.2) is 30.1 Å². The van der Waals surface area contributed by atoms with Crippen LogP contribution in [0, 0.1) is 0 Å². The average Bonchev–Trinajstić information content (AvgIpc) is 2.96. The van der Waals surface area contributed by atoms with Crippen molar-refractivity contribution in [1.29, 1.82) is 0 Å². The summed E-state index contributed by atoms with van der Waals surface area (Å²) in [6, 6.07) is 0. The Kier molecular flexibility index (Phi) is 53.0. The second-order valence-corrected chi connectivity index (χ2v) is 13.1. The van der Waals surface area contributed by atoms with E-state index in [-0.39, 0.29) is 65.1 Å². The Morgan fingerprint density at radius 2 is 0.756 bits per heavy atom. The van der Waals surface area contributed by atoms with Crippen molar-refractivity contribution >= 4 is 16.4 Å². The predicted octanol–water partition coefficient (Wildman–Crippen LogP) is 5.50. The Balaban J connectivity index is -0.00000110. The standard InChI is InChI=1S/C36H70O2.2Na.H2O4S/c1-3-5-7-9-11-13-15-17-19-21-23-25-27-29-31-33-35-38-36(37)34-32-30-28-26-24-22-20-18-16-14-12-10-8-6-4-2;;;1-5(2,3)4/h17,19H,3-16,18,20-35H2,1-2H3;;;(H2,1,2,3,4)/q;2*+1;/p-2/b19-17-;;;. The number of ether oxygens (including phenoxy) is 1. The topological polar surface area (TPSA) is 107 Å². The molecule has 258 valence electrons. The molecular weight excluding hydrogens is 606 g/mol. The van der Waals surface area contributed by atoms with Gasteiger partial charge in [-0.25, -0.2) is 0 Å². The van der Waals surface area contributed by atoms with Gasteiger partial charge in [-0.05, 0) is 38.5 Å². The van der Waals surface area contributed by atoms with Gasteiger partial charge < -0.3 is 13.8 Å². The van der Waals surface area contributed by atoms with E-state index in [0.29, 0.717) is 13.0 Å². The van der Waals surface area contributed by atoms with Gasteiger partial charge in [-0.2, -0.15) is 0 Å². The van der Waals surface area contributed by atoms with Crippen molar-refractivity contribution in [3.63, 3.8) is 0 Å². The third kappa shape index (κ3) is 60.8. The third-order valence-corrected chi connectivity index (χ3v) is 7.90. The second kappa shape index (κ2) is 45.1. The van der Waals surface area contributed by atoms with Crippen LogP contribution in [0.1, 0.15) is 206 Å². The van der Waals surface area contributed by atoms with Crippen molar-refractivity contribution in [2.45, 2.75) is 206 Å². The molecule has 0 saturated carbocycles. The normalized spacial score (nSPS) is 11.0. The maximum atomic E-state index is 11.9. The Bertz CT molecular complexity index is 681. The molecule has 0 spiro atoms. The molecule has 0 N–H and O–H groups in total. The van der Waals surface area contributed by atoms with Crippen molar-refractivity contribution in [3.05, 3.63) is 12.2 Å². The molecule has 0 aliphatic heterocycles. The fourth-order valence-corrected chi connectivity index (χ4v) is 5.25. The molecule has 0 aliphatic carbocycles. The summed E-state index contributed by atoms with van der Waals surface area (Å²) in [7, 11) is -5.17. The van der Waals surface area contributed by atoms with E-state index < -0.39 is 10.4 Å². The third-order valence-electron chi connectivity index (χ3n) is 7.90. The number of carbonyl (C=O) groups excluding carboxylic acids is 1. The van der Waals surface area contributed by atoms with E-state index in [2.05, 4.69) is 26.0 Å². The van der Waals surface area contributed by atoms with Crippen LogP contribution in [0.25, 0.3) is 0 Å². The maximum Gasteiger partial charge on any atom is 1.00 e. The number of hydrogen-bond acceptors (Lipinski definition) is 6. The molecule has 0 aromatic heterocycles. The van der Waals surface area contributed by atoms with Gasteiger partial charge in [-0.1, -0.05) is 174 Å². The van der Waals surface area contributed by atoms with Gasteiger partial charge >= 0.3 is 65.1 Å². The van der Waals surface area contributed by atoms with E-state index >= 15 is 0 Å². The van der Waals surface area contributed by atoms with E-state index in [9.17, 15) is 4.79 Å². The molecule has 0 aliphatic rings. The summed E-state index contributed by atoms with van der Waals surface area (Å²) < 4.78 is 39.5. The quantitative estimate of drug-likeness (QED) is 0.0233. The zero-order valence-corrected chi connectivity index (χ0v) is 35.2. The molecule has 0 aromatic carbocycles. The number of rotatable bonds is 32. The van der Waals surface area contributed by atoms with E-state index in [0.717, 1.165) is 12.8 Å². The van der Waals surface area contributed by atoms with E-state index in [1.54, 1.807) is 0 Å². The zero-order valence-electron chi connectivity index (χ0n) is 30.4. The average molecular weight is 677 g/mol. The Hall–Kier alpha value is 1.08.